The zero-order valence-electron chi connectivity index (χ0n) is 42.4. The molecule has 0 aromatic rings. The Morgan fingerprint density at radius 3 is 0.955 bits per heavy atom. The number of ether oxygens (including phenoxy) is 3. The summed E-state index contributed by atoms with van der Waals surface area (Å²) in [6.07, 6.45) is 73.2. The van der Waals surface area contributed by atoms with Crippen molar-refractivity contribution >= 4 is 17.9 Å². The quantitative estimate of drug-likeness (QED) is 0.0262. The van der Waals surface area contributed by atoms with Crippen molar-refractivity contribution in [2.24, 2.45) is 0 Å². The average molecular weight is 913 g/mol. The van der Waals surface area contributed by atoms with Crippen molar-refractivity contribution in [2.75, 3.05) is 13.2 Å². The fourth-order valence-electron chi connectivity index (χ4n) is 6.73. The summed E-state index contributed by atoms with van der Waals surface area (Å²) in [6.45, 7) is 6.30. The molecule has 66 heavy (non-hydrogen) atoms. The molecular formula is C60H96O6. The van der Waals surface area contributed by atoms with Gasteiger partial charge in [-0.3, -0.25) is 14.4 Å². The van der Waals surface area contributed by atoms with Gasteiger partial charge in [0, 0.05) is 19.3 Å². The zero-order chi connectivity index (χ0) is 47.9. The molecule has 1 unspecified atom stereocenters. The van der Waals surface area contributed by atoms with E-state index in [1.54, 1.807) is 0 Å². The standard InChI is InChI=1S/C60H96O6/c1-4-7-10-13-16-19-22-25-28-29-30-31-33-35-38-41-44-47-50-53-59(62)65-56-57(55-64-58(61)52-49-46-43-40-37-34-27-24-21-18-15-12-9-6-3)66-60(63)54-51-48-45-42-39-36-32-26-23-20-17-14-11-8-5-2/h7-8,10-11,15-20,24-28,30-32,39,42,57H,4-6,9,12-14,21-23,29,33-38,40-41,43-56H2,1-3H3/b10-7-,11-8-,18-15-,19-16-,20-17-,27-24-,28-25-,31-30-,32-26-,42-39-. The minimum Gasteiger partial charge on any atom is -0.462 e. The molecule has 0 aromatic heterocycles. The molecule has 0 N–H and O–H groups in total. The van der Waals surface area contributed by atoms with Crippen molar-refractivity contribution in [1.82, 2.24) is 0 Å². The second-order valence-electron chi connectivity index (χ2n) is 17.0. The van der Waals surface area contributed by atoms with Gasteiger partial charge in [0.05, 0.1) is 0 Å². The molecule has 1 atom stereocenters. The molecule has 0 bridgehead atoms. The first-order valence-corrected chi connectivity index (χ1v) is 26.5. The molecule has 0 aliphatic heterocycles. The Kier molecular flexibility index (Phi) is 50.0. The lowest BCUT2D eigenvalue weighted by Gasteiger charge is -2.18. The third-order valence-electron chi connectivity index (χ3n) is 10.7. The highest BCUT2D eigenvalue weighted by Gasteiger charge is 2.19. The molecule has 0 saturated heterocycles. The summed E-state index contributed by atoms with van der Waals surface area (Å²) in [5, 5.41) is 0. The van der Waals surface area contributed by atoms with Crippen molar-refractivity contribution < 1.29 is 28.6 Å². The van der Waals surface area contributed by atoms with E-state index < -0.39 is 6.10 Å². The van der Waals surface area contributed by atoms with Gasteiger partial charge in [0.25, 0.3) is 0 Å². The van der Waals surface area contributed by atoms with Gasteiger partial charge >= 0.3 is 17.9 Å². The Bertz CT molecular complexity index is 1420. The van der Waals surface area contributed by atoms with Gasteiger partial charge in [-0.1, -0.05) is 200 Å². The first kappa shape index (κ1) is 61.8. The van der Waals surface area contributed by atoms with Gasteiger partial charge in [-0.15, -0.1) is 0 Å². The van der Waals surface area contributed by atoms with Gasteiger partial charge in [-0.25, -0.2) is 0 Å². The average Bonchev–Trinajstić information content (AvgIpc) is 3.31. The Balaban J connectivity index is 4.50. The zero-order valence-corrected chi connectivity index (χ0v) is 42.4. The van der Waals surface area contributed by atoms with Crippen molar-refractivity contribution in [2.45, 2.75) is 226 Å². The molecule has 0 aliphatic carbocycles. The van der Waals surface area contributed by atoms with Gasteiger partial charge in [0.2, 0.25) is 0 Å². The van der Waals surface area contributed by atoms with Crippen LogP contribution in [0.4, 0.5) is 0 Å². The van der Waals surface area contributed by atoms with E-state index >= 15 is 0 Å². The smallest absolute Gasteiger partial charge is 0.306 e. The van der Waals surface area contributed by atoms with E-state index in [2.05, 4.69) is 142 Å². The van der Waals surface area contributed by atoms with Crippen molar-refractivity contribution in [3.8, 4) is 0 Å². The summed E-state index contributed by atoms with van der Waals surface area (Å²) < 4.78 is 16.8. The van der Waals surface area contributed by atoms with E-state index in [1.807, 2.05) is 0 Å². The fraction of sp³-hybridized carbons (Fsp3) is 0.617. The molecule has 6 nitrogen and oxygen atoms in total. The second kappa shape index (κ2) is 53.4. The first-order valence-electron chi connectivity index (χ1n) is 26.5. The molecular weight excluding hydrogens is 817 g/mol. The van der Waals surface area contributed by atoms with Crippen LogP contribution >= 0.6 is 0 Å². The van der Waals surface area contributed by atoms with E-state index in [0.717, 1.165) is 141 Å². The lowest BCUT2D eigenvalue weighted by atomic mass is 10.1. The van der Waals surface area contributed by atoms with Crippen LogP contribution in [-0.2, 0) is 28.6 Å². The van der Waals surface area contributed by atoms with Gasteiger partial charge in [0.1, 0.15) is 13.2 Å². The first-order chi connectivity index (χ1) is 32.5. The number of allylic oxidation sites excluding steroid dienone is 20. The second-order valence-corrected chi connectivity index (χ2v) is 17.0. The minimum atomic E-state index is -0.815. The Hall–Kier alpha value is -4.19. The topological polar surface area (TPSA) is 78.9 Å². The van der Waals surface area contributed by atoms with Gasteiger partial charge in [-0.2, -0.15) is 0 Å². The molecule has 0 radical (unpaired) electrons. The number of rotatable bonds is 46. The van der Waals surface area contributed by atoms with Crippen molar-refractivity contribution in [3.05, 3.63) is 122 Å². The molecule has 0 spiro atoms. The highest BCUT2D eigenvalue weighted by Crippen LogP contribution is 2.13. The number of esters is 3. The summed E-state index contributed by atoms with van der Waals surface area (Å²) in [4.78, 5) is 38.0. The molecule has 0 aliphatic rings. The van der Waals surface area contributed by atoms with Crippen LogP contribution in [0.5, 0.6) is 0 Å². The summed E-state index contributed by atoms with van der Waals surface area (Å²) in [6, 6.07) is 0. The molecule has 0 fully saturated rings. The SMILES string of the molecule is CC/C=C\C/C=C\C/C=C\C/C=C\CCCCCCCCC(=O)OCC(COC(=O)CCCCCCC/C=C\C/C=C\CCCC)OC(=O)CCCC/C=C\C/C=C\C/C=C\C/C=C\CC. The van der Waals surface area contributed by atoms with Crippen LogP contribution in [0.15, 0.2) is 122 Å². The summed E-state index contributed by atoms with van der Waals surface area (Å²) in [5.41, 5.74) is 0. The maximum Gasteiger partial charge on any atom is 0.306 e. The summed E-state index contributed by atoms with van der Waals surface area (Å²) >= 11 is 0. The maximum absolute atomic E-state index is 12.8. The van der Waals surface area contributed by atoms with Crippen LogP contribution in [0.2, 0.25) is 0 Å². The van der Waals surface area contributed by atoms with Gasteiger partial charge in [-0.05, 0) is 122 Å². The Labute approximate surface area is 405 Å². The monoisotopic (exact) mass is 913 g/mol. The van der Waals surface area contributed by atoms with E-state index in [4.69, 9.17) is 14.2 Å². The summed E-state index contributed by atoms with van der Waals surface area (Å²) in [5.74, 6) is -0.986. The molecule has 0 rings (SSSR count). The molecule has 0 saturated carbocycles. The predicted molar refractivity (Wildman–Crippen MR) is 283 cm³/mol. The van der Waals surface area contributed by atoms with E-state index in [-0.39, 0.29) is 37.5 Å². The number of unbranched alkanes of at least 4 members (excludes halogenated alkanes) is 15. The Morgan fingerprint density at radius 2 is 0.591 bits per heavy atom. The minimum absolute atomic E-state index is 0.110. The molecule has 6 heteroatoms. The largest absolute Gasteiger partial charge is 0.462 e. The van der Waals surface area contributed by atoms with Crippen molar-refractivity contribution in [3.63, 3.8) is 0 Å². The number of hydrogen-bond donors (Lipinski definition) is 0. The summed E-state index contributed by atoms with van der Waals surface area (Å²) in [7, 11) is 0. The van der Waals surface area contributed by atoms with Crippen LogP contribution < -0.4 is 0 Å². The third-order valence-corrected chi connectivity index (χ3v) is 10.7. The molecule has 0 heterocycles. The van der Waals surface area contributed by atoms with Gasteiger partial charge in [0.15, 0.2) is 6.10 Å². The number of hydrogen-bond acceptors (Lipinski definition) is 6. The van der Waals surface area contributed by atoms with Crippen LogP contribution in [0, 0.1) is 0 Å². The number of carbonyl (C=O) groups is 3. The van der Waals surface area contributed by atoms with Crippen LogP contribution in [0.25, 0.3) is 0 Å². The van der Waals surface area contributed by atoms with Crippen LogP contribution in [-0.4, -0.2) is 37.2 Å². The lowest BCUT2D eigenvalue weighted by molar-refractivity contribution is -0.167. The van der Waals surface area contributed by atoms with Crippen molar-refractivity contribution in [1.29, 1.82) is 0 Å². The molecule has 0 amide bonds. The Morgan fingerprint density at radius 1 is 0.318 bits per heavy atom. The van der Waals surface area contributed by atoms with E-state index in [0.29, 0.717) is 19.3 Å². The van der Waals surface area contributed by atoms with Crippen LogP contribution in [0.3, 0.4) is 0 Å². The normalized spacial score (nSPS) is 13.1. The lowest BCUT2D eigenvalue weighted by Crippen LogP contribution is -2.30. The van der Waals surface area contributed by atoms with Gasteiger partial charge < -0.3 is 14.2 Å². The highest BCUT2D eigenvalue weighted by molar-refractivity contribution is 5.71. The maximum atomic E-state index is 12.8. The number of carbonyl (C=O) groups excluding carboxylic acids is 3. The van der Waals surface area contributed by atoms with E-state index in [1.165, 1.54) is 32.1 Å². The highest BCUT2D eigenvalue weighted by atomic mass is 16.6. The third kappa shape index (κ3) is 50.8. The van der Waals surface area contributed by atoms with Crippen LogP contribution in [0.1, 0.15) is 220 Å². The molecule has 0 aromatic carbocycles. The molecule has 372 valence electrons. The van der Waals surface area contributed by atoms with E-state index in [9.17, 15) is 14.4 Å². The predicted octanol–water partition coefficient (Wildman–Crippen LogP) is 17.7. The fourth-order valence-corrected chi connectivity index (χ4v) is 6.73.